The maximum absolute atomic E-state index is 13.0. The fraction of sp³-hybridized carbons (Fsp3) is 0.385. The fourth-order valence-corrected chi connectivity index (χ4v) is 4.26. The predicted octanol–water partition coefficient (Wildman–Crippen LogP) is 4.10. The van der Waals surface area contributed by atoms with Gasteiger partial charge >= 0.3 is 0 Å². The first-order valence-electron chi connectivity index (χ1n) is 11.4. The van der Waals surface area contributed by atoms with E-state index in [9.17, 15) is 4.79 Å². The SMILES string of the molecule is COc1ccc(CN(Cc2cc3c(C)cc(C)cc3[nH]c2=O)Cc2nnnn2C(C)(C)C)cc1. The number of tetrazole rings is 1. The number of hydrogen-bond acceptors (Lipinski definition) is 6. The summed E-state index contributed by atoms with van der Waals surface area (Å²) in [5.74, 6) is 1.56. The van der Waals surface area contributed by atoms with E-state index in [2.05, 4.69) is 59.2 Å². The second kappa shape index (κ2) is 9.38. The highest BCUT2D eigenvalue weighted by molar-refractivity contribution is 5.83. The first-order valence-corrected chi connectivity index (χ1v) is 11.4. The van der Waals surface area contributed by atoms with Crippen LogP contribution in [0.15, 0.2) is 47.3 Å². The molecule has 4 aromatic rings. The number of aryl methyl sites for hydroxylation is 2. The summed E-state index contributed by atoms with van der Waals surface area (Å²) < 4.78 is 7.13. The van der Waals surface area contributed by atoms with Gasteiger partial charge in [0.05, 0.1) is 19.2 Å². The van der Waals surface area contributed by atoms with Crippen molar-refractivity contribution in [1.82, 2.24) is 30.1 Å². The summed E-state index contributed by atoms with van der Waals surface area (Å²) in [5.41, 5.74) is 4.63. The van der Waals surface area contributed by atoms with Crippen molar-refractivity contribution in [2.24, 2.45) is 0 Å². The Morgan fingerprint density at radius 3 is 2.44 bits per heavy atom. The van der Waals surface area contributed by atoms with Crippen LogP contribution in [-0.4, -0.2) is 37.2 Å². The van der Waals surface area contributed by atoms with E-state index in [1.165, 1.54) is 0 Å². The molecule has 0 aliphatic carbocycles. The van der Waals surface area contributed by atoms with Gasteiger partial charge < -0.3 is 9.72 Å². The molecule has 0 saturated carbocycles. The Hall–Kier alpha value is -3.52. The van der Waals surface area contributed by atoms with E-state index >= 15 is 0 Å². The summed E-state index contributed by atoms with van der Waals surface area (Å²) in [7, 11) is 1.66. The summed E-state index contributed by atoms with van der Waals surface area (Å²) in [5, 5.41) is 13.5. The molecule has 0 aliphatic heterocycles. The number of aromatic amines is 1. The van der Waals surface area contributed by atoms with Gasteiger partial charge in [-0.25, -0.2) is 4.68 Å². The number of rotatable bonds is 7. The molecular weight excluding hydrogens is 428 g/mol. The van der Waals surface area contributed by atoms with Gasteiger partial charge in [-0.2, -0.15) is 0 Å². The lowest BCUT2D eigenvalue weighted by Crippen LogP contribution is -2.31. The molecule has 0 spiro atoms. The van der Waals surface area contributed by atoms with Crippen LogP contribution in [-0.2, 0) is 25.2 Å². The summed E-state index contributed by atoms with van der Waals surface area (Å²) in [6, 6.07) is 14.1. The number of nitrogens with zero attached hydrogens (tertiary/aromatic N) is 5. The highest BCUT2D eigenvalue weighted by Crippen LogP contribution is 2.21. The molecule has 0 bridgehead atoms. The Morgan fingerprint density at radius 1 is 1.03 bits per heavy atom. The van der Waals surface area contributed by atoms with Gasteiger partial charge in [-0.05, 0) is 86.0 Å². The Balaban J connectivity index is 1.69. The minimum atomic E-state index is -0.250. The molecular formula is C26H32N6O2. The van der Waals surface area contributed by atoms with E-state index < -0.39 is 0 Å². The van der Waals surface area contributed by atoms with Gasteiger partial charge in [-0.3, -0.25) is 9.69 Å². The van der Waals surface area contributed by atoms with Crippen LogP contribution in [0.3, 0.4) is 0 Å². The lowest BCUT2D eigenvalue weighted by atomic mass is 10.0. The average Bonchev–Trinajstić information content (AvgIpc) is 3.24. The predicted molar refractivity (Wildman–Crippen MR) is 133 cm³/mol. The van der Waals surface area contributed by atoms with Crippen LogP contribution in [0.1, 0.15) is 48.8 Å². The highest BCUT2D eigenvalue weighted by atomic mass is 16.5. The number of hydrogen-bond donors (Lipinski definition) is 1. The molecule has 0 atom stereocenters. The van der Waals surface area contributed by atoms with Crippen molar-refractivity contribution in [3.63, 3.8) is 0 Å². The van der Waals surface area contributed by atoms with Crippen molar-refractivity contribution < 1.29 is 4.74 Å². The number of nitrogens with one attached hydrogen (secondary N) is 1. The minimum absolute atomic E-state index is 0.0763. The van der Waals surface area contributed by atoms with Crippen molar-refractivity contribution in [2.75, 3.05) is 7.11 Å². The third-order valence-corrected chi connectivity index (χ3v) is 5.88. The number of aromatic nitrogens is 5. The van der Waals surface area contributed by atoms with Gasteiger partial charge in [0, 0.05) is 29.6 Å². The molecule has 2 aromatic heterocycles. The molecule has 2 heterocycles. The number of fused-ring (bicyclic) bond motifs is 1. The molecule has 0 unspecified atom stereocenters. The molecule has 0 fully saturated rings. The zero-order chi connectivity index (χ0) is 24.5. The molecule has 0 radical (unpaired) electrons. The maximum atomic E-state index is 13.0. The quantitative estimate of drug-likeness (QED) is 0.447. The van der Waals surface area contributed by atoms with Crippen LogP contribution in [0.4, 0.5) is 0 Å². The molecule has 4 rings (SSSR count). The summed E-state index contributed by atoms with van der Waals surface area (Å²) in [6.45, 7) is 11.9. The standard InChI is InChI=1S/C26H32N6O2/c1-17-11-18(2)22-13-20(25(33)27-23(22)12-17)15-31(14-19-7-9-21(34-6)10-8-19)16-24-28-29-30-32(24)26(3,4)5/h7-13H,14-16H2,1-6H3,(H,27,33). The topological polar surface area (TPSA) is 88.9 Å². The third kappa shape index (κ3) is 5.17. The zero-order valence-electron chi connectivity index (χ0n) is 20.7. The zero-order valence-corrected chi connectivity index (χ0v) is 20.7. The number of benzene rings is 2. The van der Waals surface area contributed by atoms with Crippen molar-refractivity contribution in [3.05, 3.63) is 80.9 Å². The van der Waals surface area contributed by atoms with Gasteiger partial charge in [-0.1, -0.05) is 18.2 Å². The highest BCUT2D eigenvalue weighted by Gasteiger charge is 2.22. The third-order valence-electron chi connectivity index (χ3n) is 5.88. The first kappa shape index (κ1) is 23.6. The minimum Gasteiger partial charge on any atom is -0.497 e. The Kier molecular flexibility index (Phi) is 6.52. The molecule has 178 valence electrons. The molecule has 0 amide bonds. The first-order chi connectivity index (χ1) is 16.1. The van der Waals surface area contributed by atoms with Gasteiger partial charge in [0.15, 0.2) is 5.82 Å². The van der Waals surface area contributed by atoms with Crippen molar-refractivity contribution >= 4 is 10.9 Å². The number of ether oxygens (including phenoxy) is 1. The molecule has 1 N–H and O–H groups in total. The van der Waals surface area contributed by atoms with E-state index in [0.29, 0.717) is 25.2 Å². The largest absolute Gasteiger partial charge is 0.497 e. The average molecular weight is 461 g/mol. The van der Waals surface area contributed by atoms with Crippen molar-refractivity contribution in [2.45, 2.75) is 59.8 Å². The van der Waals surface area contributed by atoms with Crippen LogP contribution in [0.5, 0.6) is 5.75 Å². The van der Waals surface area contributed by atoms with Gasteiger partial charge in [-0.15, -0.1) is 5.10 Å². The molecule has 2 aromatic carbocycles. The van der Waals surface area contributed by atoms with E-state index in [4.69, 9.17) is 4.74 Å². The number of pyridine rings is 1. The van der Waals surface area contributed by atoms with Gasteiger partial charge in [0.1, 0.15) is 5.75 Å². The lowest BCUT2D eigenvalue weighted by molar-refractivity contribution is 0.223. The van der Waals surface area contributed by atoms with Crippen LogP contribution in [0.25, 0.3) is 10.9 Å². The summed E-state index contributed by atoms with van der Waals surface area (Å²) >= 11 is 0. The monoisotopic (exact) mass is 460 g/mol. The van der Waals surface area contributed by atoms with Crippen molar-refractivity contribution in [1.29, 1.82) is 0 Å². The molecule has 34 heavy (non-hydrogen) atoms. The molecule has 0 aliphatic rings. The second-order valence-corrected chi connectivity index (χ2v) is 9.84. The van der Waals surface area contributed by atoms with Crippen LogP contribution >= 0.6 is 0 Å². The Bertz CT molecular complexity index is 1350. The van der Waals surface area contributed by atoms with Crippen LogP contribution < -0.4 is 10.3 Å². The summed E-state index contributed by atoms with van der Waals surface area (Å²) in [6.07, 6.45) is 0. The van der Waals surface area contributed by atoms with E-state index in [0.717, 1.165) is 39.2 Å². The fourth-order valence-electron chi connectivity index (χ4n) is 4.26. The second-order valence-electron chi connectivity index (χ2n) is 9.84. The maximum Gasteiger partial charge on any atom is 0.252 e. The lowest BCUT2D eigenvalue weighted by Gasteiger charge is -2.25. The van der Waals surface area contributed by atoms with Crippen molar-refractivity contribution in [3.8, 4) is 5.75 Å². The van der Waals surface area contributed by atoms with Gasteiger partial charge in [0.25, 0.3) is 5.56 Å². The number of methoxy groups -OCH3 is 1. The molecule has 8 heteroatoms. The Labute approximate surface area is 199 Å². The Morgan fingerprint density at radius 2 is 1.76 bits per heavy atom. The van der Waals surface area contributed by atoms with Crippen LogP contribution in [0, 0.1) is 13.8 Å². The van der Waals surface area contributed by atoms with Gasteiger partial charge in [0.2, 0.25) is 0 Å². The van der Waals surface area contributed by atoms with E-state index in [1.54, 1.807) is 7.11 Å². The molecule has 0 saturated heterocycles. The van der Waals surface area contributed by atoms with Crippen LogP contribution in [0.2, 0.25) is 0 Å². The summed E-state index contributed by atoms with van der Waals surface area (Å²) in [4.78, 5) is 18.3. The molecule has 8 nitrogen and oxygen atoms in total. The smallest absolute Gasteiger partial charge is 0.252 e. The van der Waals surface area contributed by atoms with E-state index in [-0.39, 0.29) is 11.1 Å². The normalized spacial score (nSPS) is 12.0. The van der Waals surface area contributed by atoms with E-state index in [1.807, 2.05) is 48.0 Å². The number of H-pyrrole nitrogens is 1.